The third-order valence-electron chi connectivity index (χ3n) is 6.72. The Bertz CT molecular complexity index is 498. The van der Waals surface area contributed by atoms with Gasteiger partial charge in [0, 0.05) is 0 Å². The zero-order chi connectivity index (χ0) is 22.0. The lowest BCUT2D eigenvalue weighted by atomic mass is 9.70. The highest BCUT2D eigenvalue weighted by Gasteiger charge is 2.36. The molecule has 8 heteroatoms. The molecular formula is C22H44O6P2. The van der Waals surface area contributed by atoms with Gasteiger partial charge in [-0.05, 0) is 103 Å². The molecule has 0 radical (unpaired) electrons. The van der Waals surface area contributed by atoms with Crippen LogP contribution in [0.2, 0.25) is 0 Å². The van der Waals surface area contributed by atoms with Crippen LogP contribution in [0.25, 0.3) is 0 Å². The van der Waals surface area contributed by atoms with E-state index in [0.29, 0.717) is 50.6 Å². The molecule has 2 rings (SSSR count). The molecule has 2 fully saturated rings. The predicted molar refractivity (Wildman–Crippen MR) is 122 cm³/mol. The lowest BCUT2D eigenvalue weighted by Crippen LogP contribution is -2.28. The summed E-state index contributed by atoms with van der Waals surface area (Å²) in [6.45, 7) is 9.26. The summed E-state index contributed by atoms with van der Waals surface area (Å²) in [4.78, 5) is 0. The summed E-state index contributed by atoms with van der Waals surface area (Å²) in [5.41, 5.74) is 0. The van der Waals surface area contributed by atoms with Crippen molar-refractivity contribution in [2.24, 2.45) is 23.7 Å². The maximum atomic E-state index is 12.8. The first kappa shape index (κ1) is 26.6. The first-order valence-electron chi connectivity index (χ1n) is 12.1. The minimum atomic E-state index is -2.93. The highest BCUT2D eigenvalue weighted by Crippen LogP contribution is 2.54. The van der Waals surface area contributed by atoms with Gasteiger partial charge in [-0.25, -0.2) is 0 Å². The van der Waals surface area contributed by atoms with Gasteiger partial charge < -0.3 is 18.1 Å². The highest BCUT2D eigenvalue weighted by atomic mass is 31.2. The van der Waals surface area contributed by atoms with Crippen molar-refractivity contribution in [2.45, 2.75) is 79.1 Å². The number of hydrogen-bond donors (Lipinski definition) is 0. The van der Waals surface area contributed by atoms with Crippen LogP contribution in [-0.2, 0) is 27.2 Å². The van der Waals surface area contributed by atoms with E-state index in [1.165, 1.54) is 25.7 Å². The second-order valence-electron chi connectivity index (χ2n) is 8.82. The molecule has 0 spiro atoms. The summed E-state index contributed by atoms with van der Waals surface area (Å²) in [7, 11) is -5.86. The number of rotatable bonds is 13. The maximum absolute atomic E-state index is 12.8. The molecule has 2 aliphatic rings. The molecular weight excluding hydrogens is 422 g/mol. The lowest BCUT2D eigenvalue weighted by Gasteiger charge is -2.38. The van der Waals surface area contributed by atoms with Crippen molar-refractivity contribution >= 4 is 15.2 Å². The minimum absolute atomic E-state index is 0.440. The Morgan fingerprint density at radius 2 is 0.800 bits per heavy atom. The van der Waals surface area contributed by atoms with E-state index in [2.05, 4.69) is 0 Å². The van der Waals surface area contributed by atoms with Crippen molar-refractivity contribution in [2.75, 3.05) is 38.8 Å². The first-order chi connectivity index (χ1) is 14.4. The monoisotopic (exact) mass is 466 g/mol. The van der Waals surface area contributed by atoms with Crippen molar-refractivity contribution < 1.29 is 27.2 Å². The van der Waals surface area contributed by atoms with E-state index in [4.69, 9.17) is 18.1 Å². The van der Waals surface area contributed by atoms with Crippen LogP contribution in [0, 0.1) is 23.7 Å². The fourth-order valence-electron chi connectivity index (χ4n) is 5.39. The molecule has 0 aromatic carbocycles. The Kier molecular flexibility index (Phi) is 11.6. The second kappa shape index (κ2) is 13.1. The van der Waals surface area contributed by atoms with Crippen LogP contribution in [0.1, 0.15) is 79.1 Å². The van der Waals surface area contributed by atoms with Crippen molar-refractivity contribution in [3.05, 3.63) is 0 Å². The molecule has 0 aromatic heterocycles. The van der Waals surface area contributed by atoms with Crippen LogP contribution >= 0.6 is 15.2 Å². The molecule has 0 N–H and O–H groups in total. The van der Waals surface area contributed by atoms with Gasteiger partial charge in [-0.2, -0.15) is 0 Å². The molecule has 0 aliphatic heterocycles. The molecule has 0 saturated heterocycles. The van der Waals surface area contributed by atoms with E-state index in [-0.39, 0.29) is 0 Å². The van der Waals surface area contributed by atoms with Gasteiger partial charge in [0.15, 0.2) is 0 Å². The van der Waals surface area contributed by atoms with Gasteiger partial charge in [0.2, 0.25) is 0 Å². The molecule has 0 amide bonds. The van der Waals surface area contributed by atoms with Crippen LogP contribution in [0.4, 0.5) is 0 Å². The summed E-state index contributed by atoms with van der Waals surface area (Å²) >= 11 is 0. The molecule has 0 unspecified atom stereocenters. The van der Waals surface area contributed by atoms with E-state index < -0.39 is 15.2 Å². The third kappa shape index (κ3) is 8.34. The first-order valence-corrected chi connectivity index (χ1v) is 15.6. The van der Waals surface area contributed by atoms with Crippen molar-refractivity contribution in [1.82, 2.24) is 0 Å². The highest BCUT2D eigenvalue weighted by molar-refractivity contribution is 7.54. The van der Waals surface area contributed by atoms with Crippen molar-refractivity contribution in [1.29, 1.82) is 0 Å². The molecule has 0 aromatic rings. The standard InChI is InChI=1S/C22H44O6P2/c1-5-25-29(23,26-6-2)17-19-9-13-21(14-10-19)22-15-11-20(12-16-22)18-30(24,27-7-3)28-8-4/h19-22H,5-18H2,1-4H3. The van der Waals surface area contributed by atoms with E-state index in [1.807, 2.05) is 27.7 Å². The molecule has 30 heavy (non-hydrogen) atoms. The Hall–Kier alpha value is 0.300. The quantitative estimate of drug-likeness (QED) is 0.269. The van der Waals surface area contributed by atoms with Gasteiger partial charge in [-0.3, -0.25) is 9.13 Å². The summed E-state index contributed by atoms with van der Waals surface area (Å²) in [5, 5.41) is 0. The minimum Gasteiger partial charge on any atom is -0.309 e. The van der Waals surface area contributed by atoms with E-state index >= 15 is 0 Å². The average molecular weight is 467 g/mol. The third-order valence-corrected chi connectivity index (χ3v) is 11.2. The van der Waals surface area contributed by atoms with E-state index in [0.717, 1.165) is 37.5 Å². The fourth-order valence-corrected chi connectivity index (χ4v) is 9.53. The Morgan fingerprint density at radius 3 is 1.03 bits per heavy atom. The molecule has 2 aliphatic carbocycles. The second-order valence-corrected chi connectivity index (χ2v) is 13.0. The topological polar surface area (TPSA) is 71.1 Å². The number of hydrogen-bond acceptors (Lipinski definition) is 6. The van der Waals surface area contributed by atoms with Gasteiger partial charge in [0.25, 0.3) is 0 Å². The van der Waals surface area contributed by atoms with Crippen LogP contribution in [0.15, 0.2) is 0 Å². The Morgan fingerprint density at radius 1 is 0.533 bits per heavy atom. The largest absolute Gasteiger partial charge is 0.330 e. The molecule has 0 heterocycles. The maximum Gasteiger partial charge on any atom is 0.330 e. The molecule has 2 saturated carbocycles. The van der Waals surface area contributed by atoms with Gasteiger partial charge in [-0.15, -0.1) is 0 Å². The lowest BCUT2D eigenvalue weighted by molar-refractivity contribution is 0.146. The zero-order valence-corrected chi connectivity index (χ0v) is 21.3. The van der Waals surface area contributed by atoms with Gasteiger partial charge in [0.1, 0.15) is 0 Å². The molecule has 6 nitrogen and oxygen atoms in total. The summed E-state index contributed by atoms with van der Waals surface area (Å²) in [5.74, 6) is 2.44. The zero-order valence-electron chi connectivity index (χ0n) is 19.6. The van der Waals surface area contributed by atoms with Gasteiger partial charge in [-0.1, -0.05) is 0 Å². The van der Waals surface area contributed by atoms with Crippen LogP contribution < -0.4 is 0 Å². The Balaban J connectivity index is 1.76. The van der Waals surface area contributed by atoms with Crippen LogP contribution in [-0.4, -0.2) is 38.8 Å². The molecule has 178 valence electrons. The van der Waals surface area contributed by atoms with Crippen LogP contribution in [0.5, 0.6) is 0 Å². The predicted octanol–water partition coefficient (Wildman–Crippen LogP) is 7.13. The van der Waals surface area contributed by atoms with Crippen LogP contribution in [0.3, 0.4) is 0 Å². The average Bonchev–Trinajstić information content (AvgIpc) is 2.70. The van der Waals surface area contributed by atoms with Crippen molar-refractivity contribution in [3.63, 3.8) is 0 Å². The Labute approximate surface area is 184 Å². The van der Waals surface area contributed by atoms with E-state index in [9.17, 15) is 9.13 Å². The summed E-state index contributed by atoms with van der Waals surface area (Å²) < 4.78 is 47.6. The molecule has 0 bridgehead atoms. The molecule has 0 atom stereocenters. The van der Waals surface area contributed by atoms with Crippen molar-refractivity contribution in [3.8, 4) is 0 Å². The normalized spacial score (nSPS) is 28.5. The summed E-state index contributed by atoms with van der Waals surface area (Å²) in [6.07, 6.45) is 10.5. The fraction of sp³-hybridized carbons (Fsp3) is 1.00. The summed E-state index contributed by atoms with van der Waals surface area (Å²) in [6, 6.07) is 0. The van der Waals surface area contributed by atoms with Gasteiger partial charge >= 0.3 is 15.2 Å². The van der Waals surface area contributed by atoms with Gasteiger partial charge in [0.05, 0.1) is 38.8 Å². The SMILES string of the molecule is CCOP(=O)(CC1CCC(C2CCC(CP(=O)(OCC)OCC)CC2)CC1)OCC. The van der Waals surface area contributed by atoms with E-state index in [1.54, 1.807) is 0 Å². The smallest absolute Gasteiger partial charge is 0.309 e.